The molecule has 2 unspecified atom stereocenters. The number of nitrogens with zero attached hydrogens (tertiary/aromatic N) is 1. The maximum atomic E-state index is 11.3. The minimum absolute atomic E-state index is 0.0948. The van der Waals surface area contributed by atoms with Gasteiger partial charge in [-0.3, -0.25) is 10.1 Å². The second kappa shape index (κ2) is 7.45. The molecular formula is C16H25N2O4+. The first-order chi connectivity index (χ1) is 10.6. The molecule has 0 heterocycles. The monoisotopic (exact) mass is 309 g/mol. The molecule has 6 heteroatoms. The van der Waals surface area contributed by atoms with Crippen LogP contribution < -0.4 is 14.8 Å². The van der Waals surface area contributed by atoms with Crippen LogP contribution in [0.15, 0.2) is 12.1 Å². The highest BCUT2D eigenvalue weighted by Crippen LogP contribution is 2.34. The largest absolute Gasteiger partial charge is 0.493 e. The summed E-state index contributed by atoms with van der Waals surface area (Å²) in [6.07, 6.45) is 4.97. The average molecular weight is 309 g/mol. The minimum Gasteiger partial charge on any atom is -0.493 e. The van der Waals surface area contributed by atoms with Gasteiger partial charge in [-0.25, -0.2) is 0 Å². The van der Waals surface area contributed by atoms with Crippen LogP contribution >= 0.6 is 0 Å². The van der Waals surface area contributed by atoms with E-state index < -0.39 is 0 Å². The van der Waals surface area contributed by atoms with Crippen molar-refractivity contribution in [3.8, 4) is 11.5 Å². The molecule has 1 aliphatic rings. The van der Waals surface area contributed by atoms with Crippen LogP contribution in [0.2, 0.25) is 0 Å². The number of quaternary nitrogens is 1. The molecule has 0 amide bonds. The summed E-state index contributed by atoms with van der Waals surface area (Å²) in [5, 5.41) is 13.5. The summed E-state index contributed by atoms with van der Waals surface area (Å²) in [5.41, 5.74) is 0.776. The summed E-state index contributed by atoms with van der Waals surface area (Å²) in [4.78, 5) is 10.9. The van der Waals surface area contributed by atoms with E-state index in [2.05, 4.69) is 12.2 Å². The molecule has 1 aliphatic carbocycles. The van der Waals surface area contributed by atoms with Crippen molar-refractivity contribution in [1.82, 2.24) is 0 Å². The second-order valence-electron chi connectivity index (χ2n) is 5.96. The Morgan fingerprint density at radius 1 is 1.23 bits per heavy atom. The first-order valence-electron chi connectivity index (χ1n) is 7.79. The number of benzene rings is 1. The molecule has 0 radical (unpaired) electrons. The van der Waals surface area contributed by atoms with Crippen LogP contribution in [-0.4, -0.2) is 25.2 Å². The lowest BCUT2D eigenvalue weighted by Crippen LogP contribution is -2.90. The molecule has 0 saturated heterocycles. The van der Waals surface area contributed by atoms with Crippen molar-refractivity contribution in [3.63, 3.8) is 0 Å². The lowest BCUT2D eigenvalue weighted by atomic mass is 9.86. The highest BCUT2D eigenvalue weighted by atomic mass is 16.6. The van der Waals surface area contributed by atoms with Gasteiger partial charge in [0.15, 0.2) is 11.5 Å². The van der Waals surface area contributed by atoms with Crippen molar-refractivity contribution in [2.75, 3.05) is 14.2 Å². The van der Waals surface area contributed by atoms with Gasteiger partial charge in [0, 0.05) is 5.92 Å². The summed E-state index contributed by atoms with van der Waals surface area (Å²) >= 11 is 0. The number of methoxy groups -OCH3 is 2. The molecule has 122 valence electrons. The van der Waals surface area contributed by atoms with Gasteiger partial charge in [-0.2, -0.15) is 0 Å². The van der Waals surface area contributed by atoms with E-state index in [1.807, 2.05) is 0 Å². The number of hydrogen-bond donors (Lipinski definition) is 1. The molecule has 0 aliphatic heterocycles. The Morgan fingerprint density at radius 3 is 2.45 bits per heavy atom. The Hall–Kier alpha value is -1.82. The van der Waals surface area contributed by atoms with Crippen LogP contribution in [0.4, 0.5) is 5.69 Å². The predicted octanol–water partition coefficient (Wildman–Crippen LogP) is 2.25. The van der Waals surface area contributed by atoms with E-state index in [9.17, 15) is 10.1 Å². The molecular weight excluding hydrogens is 284 g/mol. The first kappa shape index (κ1) is 16.5. The molecule has 0 bridgehead atoms. The maximum Gasteiger partial charge on any atom is 0.282 e. The quantitative estimate of drug-likeness (QED) is 0.646. The SMILES string of the molecule is COc1cc(C[NH2+]C2CCCCC2C)c([N+](=O)[O-])cc1OC. The van der Waals surface area contributed by atoms with E-state index >= 15 is 0 Å². The molecule has 1 aromatic rings. The fraction of sp³-hybridized carbons (Fsp3) is 0.625. The third kappa shape index (κ3) is 3.68. The summed E-state index contributed by atoms with van der Waals surface area (Å²) in [5.74, 6) is 1.59. The molecule has 0 aromatic heterocycles. The third-order valence-corrected chi connectivity index (χ3v) is 4.60. The lowest BCUT2D eigenvalue weighted by Gasteiger charge is -2.26. The fourth-order valence-corrected chi connectivity index (χ4v) is 3.22. The van der Waals surface area contributed by atoms with Gasteiger partial charge in [0.05, 0.1) is 36.8 Å². The van der Waals surface area contributed by atoms with Crippen molar-refractivity contribution < 1.29 is 19.7 Å². The molecule has 1 aromatic carbocycles. The minimum atomic E-state index is -0.352. The standard InChI is InChI=1S/C16H24N2O4/c1-11-6-4-5-7-13(11)17-10-12-8-15(21-2)16(22-3)9-14(12)18(19)20/h8-9,11,13,17H,4-7,10H2,1-3H3/p+1. The number of rotatable bonds is 6. The maximum absolute atomic E-state index is 11.3. The summed E-state index contributed by atoms with van der Waals surface area (Å²) in [7, 11) is 3.03. The van der Waals surface area contributed by atoms with Crippen molar-refractivity contribution in [2.45, 2.75) is 45.2 Å². The number of hydrogen-bond acceptors (Lipinski definition) is 4. The second-order valence-corrected chi connectivity index (χ2v) is 5.96. The number of nitro benzene ring substituents is 1. The van der Waals surface area contributed by atoms with E-state index in [1.54, 1.807) is 13.2 Å². The van der Waals surface area contributed by atoms with E-state index in [4.69, 9.17) is 9.47 Å². The zero-order valence-electron chi connectivity index (χ0n) is 13.5. The highest BCUT2D eigenvalue weighted by molar-refractivity contribution is 5.53. The number of nitro groups is 1. The predicted molar refractivity (Wildman–Crippen MR) is 83.2 cm³/mol. The summed E-state index contributed by atoms with van der Waals surface area (Å²) < 4.78 is 10.4. The molecule has 2 N–H and O–H groups in total. The van der Waals surface area contributed by atoms with Gasteiger partial charge in [-0.15, -0.1) is 0 Å². The van der Waals surface area contributed by atoms with Crippen LogP contribution in [0.3, 0.4) is 0 Å². The Morgan fingerprint density at radius 2 is 1.86 bits per heavy atom. The Balaban J connectivity index is 2.19. The third-order valence-electron chi connectivity index (χ3n) is 4.60. The normalized spacial score (nSPS) is 21.4. The molecule has 1 saturated carbocycles. The van der Waals surface area contributed by atoms with E-state index in [0.717, 1.165) is 0 Å². The smallest absolute Gasteiger partial charge is 0.282 e. The van der Waals surface area contributed by atoms with Gasteiger partial charge < -0.3 is 14.8 Å². The van der Waals surface area contributed by atoms with Gasteiger partial charge in [0.1, 0.15) is 6.54 Å². The van der Waals surface area contributed by atoms with Crippen molar-refractivity contribution in [3.05, 3.63) is 27.8 Å². The Kier molecular flexibility index (Phi) is 5.60. The lowest BCUT2D eigenvalue weighted by molar-refractivity contribution is -0.712. The number of ether oxygens (including phenoxy) is 2. The Bertz CT molecular complexity index is 533. The van der Waals surface area contributed by atoms with Crippen molar-refractivity contribution >= 4 is 5.69 Å². The fourth-order valence-electron chi connectivity index (χ4n) is 3.22. The van der Waals surface area contributed by atoms with Crippen molar-refractivity contribution in [2.24, 2.45) is 5.92 Å². The molecule has 22 heavy (non-hydrogen) atoms. The van der Waals surface area contributed by atoms with Crippen molar-refractivity contribution in [1.29, 1.82) is 0 Å². The van der Waals surface area contributed by atoms with E-state index in [-0.39, 0.29) is 10.6 Å². The van der Waals surface area contributed by atoms with Crippen LogP contribution in [0.1, 0.15) is 38.2 Å². The topological polar surface area (TPSA) is 78.2 Å². The van der Waals surface area contributed by atoms with E-state index in [0.29, 0.717) is 35.6 Å². The van der Waals surface area contributed by atoms with Gasteiger partial charge >= 0.3 is 0 Å². The molecule has 2 atom stereocenters. The van der Waals surface area contributed by atoms with Gasteiger partial charge in [-0.05, 0) is 25.3 Å². The summed E-state index contributed by atoms with van der Waals surface area (Å²) in [6, 6.07) is 3.72. The van der Waals surface area contributed by atoms with Gasteiger partial charge in [0.25, 0.3) is 5.69 Å². The first-order valence-corrected chi connectivity index (χ1v) is 7.79. The van der Waals surface area contributed by atoms with Gasteiger partial charge in [-0.1, -0.05) is 13.3 Å². The molecule has 0 spiro atoms. The molecule has 2 rings (SSSR count). The van der Waals surface area contributed by atoms with Crippen LogP contribution in [0, 0.1) is 16.0 Å². The summed E-state index contributed by atoms with van der Waals surface area (Å²) in [6.45, 7) is 2.86. The molecule has 1 fully saturated rings. The number of nitrogens with two attached hydrogens (primary N) is 1. The van der Waals surface area contributed by atoms with E-state index in [1.165, 1.54) is 38.9 Å². The van der Waals surface area contributed by atoms with Crippen LogP contribution in [0.5, 0.6) is 11.5 Å². The molecule has 6 nitrogen and oxygen atoms in total. The van der Waals surface area contributed by atoms with Gasteiger partial charge in [0.2, 0.25) is 0 Å². The van der Waals surface area contributed by atoms with Crippen LogP contribution in [0.25, 0.3) is 0 Å². The highest BCUT2D eigenvalue weighted by Gasteiger charge is 2.26. The average Bonchev–Trinajstić information content (AvgIpc) is 2.53. The Labute approximate surface area is 131 Å². The van der Waals surface area contributed by atoms with Crippen LogP contribution in [-0.2, 0) is 6.54 Å². The zero-order chi connectivity index (χ0) is 16.1. The zero-order valence-corrected chi connectivity index (χ0v) is 13.5.